The molecule has 0 saturated heterocycles. The van der Waals surface area contributed by atoms with Gasteiger partial charge in [-0.3, -0.25) is 13.7 Å². The van der Waals surface area contributed by atoms with Crippen molar-refractivity contribution < 1.29 is 38.9 Å². The van der Waals surface area contributed by atoms with Crippen molar-refractivity contribution in [2.75, 3.05) is 0 Å². The van der Waals surface area contributed by atoms with E-state index in [1.54, 1.807) is 0 Å². The van der Waals surface area contributed by atoms with Gasteiger partial charge in [0, 0.05) is 44.5 Å². The number of fused-ring (bicyclic) bond motifs is 19. The minimum absolute atomic E-state index is 0.0349. The highest BCUT2D eigenvalue weighted by atomic mass is 32.2. The van der Waals surface area contributed by atoms with Crippen LogP contribution in [-0.4, -0.2) is 93.0 Å². The van der Waals surface area contributed by atoms with E-state index in [9.17, 15) is 38.9 Å². The number of allylic oxidation sites excluding steroid dienone is 4. The highest BCUT2D eigenvalue weighted by Crippen LogP contribution is 2.40. The molecule has 0 fully saturated rings. The molecule has 9 rings (SSSR count). The largest absolute Gasteiger partial charge is 0.324 e. The van der Waals surface area contributed by atoms with E-state index in [4.69, 9.17) is 29.9 Å². The van der Waals surface area contributed by atoms with E-state index in [-0.39, 0.29) is 45.9 Å². The topological polar surface area (TPSA) is 272 Å². The van der Waals surface area contributed by atoms with E-state index in [2.05, 4.69) is 9.97 Å². The standard InChI is InChI=1S/C39H32N8O9S3/c1-20-5-6-21-28(19-20)36-46-29(21)40-30-22-7-13-37(2,57(48,49)50)14-8-23(22)31(41-30)42-32-24-9-15-38(3,58(51,52)53)16-10-25(24)33(43-32)44-34-26-11-17-39(4,59(54,55)56)18-12-27(26)35(45-34)47-36/h5-19H,1-4H3,(H,48,49,50)(H,51,52,53)(H,54,55,56)(H2,40,41,42,43,44,45,46,47). The van der Waals surface area contributed by atoms with E-state index in [0.29, 0.717) is 44.5 Å². The summed E-state index contributed by atoms with van der Waals surface area (Å²) >= 11 is 0. The molecule has 3 aromatic heterocycles. The van der Waals surface area contributed by atoms with Gasteiger partial charge in [0.2, 0.25) is 0 Å². The highest BCUT2D eigenvalue weighted by molar-refractivity contribution is 7.88. The second-order valence-corrected chi connectivity index (χ2v) is 20.6. The molecule has 3 atom stereocenters. The van der Waals surface area contributed by atoms with Gasteiger partial charge in [0.25, 0.3) is 30.4 Å². The maximum atomic E-state index is 12.6. The Balaban J connectivity index is 1.44. The average Bonchev–Trinajstić information content (AvgIpc) is 3.70. The molecule has 0 amide bonds. The zero-order valence-electron chi connectivity index (χ0n) is 31.4. The molecule has 0 saturated carbocycles. The summed E-state index contributed by atoms with van der Waals surface area (Å²) in [4.78, 5) is 35.6. The number of H-pyrrole nitrogens is 2. The van der Waals surface area contributed by atoms with Crippen LogP contribution in [0.2, 0.25) is 0 Å². The fraction of sp³-hybridized carbons (Fsp3) is 0.179. The molecule has 5 aliphatic rings. The van der Waals surface area contributed by atoms with Gasteiger partial charge in [-0.1, -0.05) is 90.6 Å². The Bertz CT molecular complexity index is 3380. The van der Waals surface area contributed by atoms with Crippen molar-refractivity contribution in [2.45, 2.75) is 41.9 Å². The van der Waals surface area contributed by atoms with Crippen LogP contribution in [0, 0.1) is 6.92 Å². The first-order chi connectivity index (χ1) is 27.6. The van der Waals surface area contributed by atoms with E-state index in [1.807, 2.05) is 25.1 Å². The summed E-state index contributed by atoms with van der Waals surface area (Å²) in [6.45, 7) is 5.86. The van der Waals surface area contributed by atoms with Crippen molar-refractivity contribution >= 4 is 88.4 Å². The summed E-state index contributed by atoms with van der Waals surface area (Å²) < 4.78 is 100. The summed E-state index contributed by atoms with van der Waals surface area (Å²) in [5, 5.41) is 0. The Morgan fingerprint density at radius 3 is 1.15 bits per heavy atom. The van der Waals surface area contributed by atoms with Crippen molar-refractivity contribution in [3.8, 4) is 22.8 Å². The third kappa shape index (κ3) is 6.09. The van der Waals surface area contributed by atoms with Crippen molar-refractivity contribution in [2.24, 2.45) is 0 Å². The molecule has 300 valence electrons. The van der Waals surface area contributed by atoms with Crippen LogP contribution < -0.4 is 0 Å². The normalized spacial score (nSPS) is 23.3. The van der Waals surface area contributed by atoms with Crippen LogP contribution in [0.25, 0.3) is 80.8 Å². The monoisotopic (exact) mass is 852 g/mol. The van der Waals surface area contributed by atoms with E-state index < -0.39 is 44.6 Å². The van der Waals surface area contributed by atoms with Crippen molar-refractivity contribution in [3.05, 3.63) is 106 Å². The SMILES string of the molecule is Cc1ccc2c(c1)-c1nc-2nc2[nH]c(nc3nc(nc4[nH]c(n1)c1c4C=CC(C)(S(=O)(=O)O)C=C1)C1=C3C=CC(C)(S(=O)(=O)O)C=C1)c1c2C=CC(C)(S(=O)(=O)O)C=C1. The molecule has 3 unspecified atom stereocenters. The lowest BCUT2D eigenvalue weighted by atomic mass is 10.1. The van der Waals surface area contributed by atoms with Gasteiger partial charge < -0.3 is 9.97 Å². The number of hydrogen-bond donors (Lipinski definition) is 5. The Kier molecular flexibility index (Phi) is 8.15. The molecule has 59 heavy (non-hydrogen) atoms. The predicted octanol–water partition coefficient (Wildman–Crippen LogP) is 5.59. The molecule has 8 bridgehead atoms. The summed E-state index contributed by atoms with van der Waals surface area (Å²) in [6, 6.07) is 5.60. The van der Waals surface area contributed by atoms with Crippen LogP contribution >= 0.6 is 0 Å². The van der Waals surface area contributed by atoms with Crippen LogP contribution in [0.1, 0.15) is 60.2 Å². The molecular weight excluding hydrogens is 821 g/mol. The third-order valence-electron chi connectivity index (χ3n) is 11.0. The second-order valence-electron chi connectivity index (χ2n) is 15.1. The number of benzene rings is 1. The fourth-order valence-electron chi connectivity index (χ4n) is 7.02. The van der Waals surface area contributed by atoms with Gasteiger partial charge in [-0.15, -0.1) is 0 Å². The first-order valence-corrected chi connectivity index (χ1v) is 22.1. The molecule has 2 aliphatic heterocycles. The van der Waals surface area contributed by atoms with Crippen LogP contribution in [0.3, 0.4) is 0 Å². The van der Waals surface area contributed by atoms with Gasteiger partial charge in [0.15, 0.2) is 23.3 Å². The third-order valence-corrected chi connectivity index (χ3v) is 15.1. The van der Waals surface area contributed by atoms with Gasteiger partial charge in [0.1, 0.15) is 36.8 Å². The minimum atomic E-state index is -4.67. The lowest BCUT2D eigenvalue weighted by Crippen LogP contribution is -2.30. The van der Waals surface area contributed by atoms with Gasteiger partial charge in [-0.05, 0) is 33.8 Å². The minimum Gasteiger partial charge on any atom is -0.324 e. The molecule has 0 spiro atoms. The summed E-state index contributed by atoms with van der Waals surface area (Å²) in [7, 11) is -13.9. The number of nitrogens with zero attached hydrogens (tertiary/aromatic N) is 6. The quantitative estimate of drug-likeness (QED) is 0.138. The summed E-state index contributed by atoms with van der Waals surface area (Å²) in [6.07, 6.45) is 16.7. The summed E-state index contributed by atoms with van der Waals surface area (Å²) in [5.74, 6) is 0.541. The molecule has 1 aromatic carbocycles. The maximum absolute atomic E-state index is 12.6. The number of hydrogen-bond acceptors (Lipinski definition) is 12. The Morgan fingerprint density at radius 1 is 0.458 bits per heavy atom. The van der Waals surface area contributed by atoms with Gasteiger partial charge >= 0.3 is 0 Å². The smallest absolute Gasteiger partial charge is 0.277 e. The molecule has 5 heterocycles. The molecule has 4 aromatic rings. The number of aryl methyl sites for hydroxylation is 1. The van der Waals surface area contributed by atoms with Crippen LogP contribution in [0.5, 0.6) is 0 Å². The van der Waals surface area contributed by atoms with E-state index in [0.717, 1.165) is 5.56 Å². The first-order valence-electron chi connectivity index (χ1n) is 17.8. The second kappa shape index (κ2) is 12.5. The lowest BCUT2D eigenvalue weighted by molar-refractivity contribution is 0.464. The van der Waals surface area contributed by atoms with Gasteiger partial charge in [-0.25, -0.2) is 29.9 Å². The van der Waals surface area contributed by atoms with E-state index in [1.165, 1.54) is 93.7 Å². The number of aromatic nitrogens is 8. The van der Waals surface area contributed by atoms with Crippen molar-refractivity contribution in [3.63, 3.8) is 0 Å². The molecule has 17 nitrogen and oxygen atoms in total. The van der Waals surface area contributed by atoms with Crippen molar-refractivity contribution in [1.82, 2.24) is 39.9 Å². The number of rotatable bonds is 3. The Hall–Kier alpha value is -6.03. The zero-order chi connectivity index (χ0) is 42.1. The lowest BCUT2D eigenvalue weighted by Gasteiger charge is -2.16. The zero-order valence-corrected chi connectivity index (χ0v) is 33.8. The van der Waals surface area contributed by atoms with Crippen LogP contribution in [0.15, 0.2) is 66.8 Å². The molecule has 3 aliphatic carbocycles. The number of aromatic amines is 2. The number of nitrogens with one attached hydrogen (secondary N) is 2. The van der Waals surface area contributed by atoms with Gasteiger partial charge in [0.05, 0.1) is 0 Å². The van der Waals surface area contributed by atoms with Crippen LogP contribution in [-0.2, 0) is 30.4 Å². The Morgan fingerprint density at radius 2 is 0.780 bits per heavy atom. The van der Waals surface area contributed by atoms with Crippen molar-refractivity contribution in [1.29, 1.82) is 0 Å². The summed E-state index contributed by atoms with van der Waals surface area (Å²) in [5.41, 5.74) is 5.00. The molecule has 20 heteroatoms. The predicted molar refractivity (Wildman–Crippen MR) is 222 cm³/mol. The average molecular weight is 853 g/mol. The van der Waals surface area contributed by atoms with Crippen LogP contribution in [0.4, 0.5) is 0 Å². The maximum Gasteiger partial charge on any atom is 0.277 e. The fourth-order valence-corrected chi connectivity index (χ4v) is 8.46. The Labute approximate surface area is 336 Å². The molecule has 0 radical (unpaired) electrons. The molecule has 5 N–H and O–H groups in total. The van der Waals surface area contributed by atoms with E-state index >= 15 is 0 Å². The van der Waals surface area contributed by atoms with Gasteiger partial charge in [-0.2, -0.15) is 25.3 Å². The first kappa shape index (κ1) is 38.5. The highest BCUT2D eigenvalue weighted by Gasteiger charge is 2.38. The molecular formula is C39H32N8O9S3.